The Balaban J connectivity index is 1.63. The molecule has 1 atom stereocenters. The normalized spacial score (nSPS) is 13.4. The standard InChI is InChI=1S/C22H26N8O2/c1-14(2)22(3,17-5-6-18(24-12-17)15-9-25-21(23)26-10-15)20-28-19(32-29-20)16-11-27-30(13-16)7-8-31-4/h5-6,9-14H,7-8H2,1-4H3,(H2,23,25,26)/t22-/m1/s1. The highest BCUT2D eigenvalue weighted by atomic mass is 16.5. The van der Waals surface area contributed by atoms with Gasteiger partial charge in [-0.25, -0.2) is 9.97 Å². The lowest BCUT2D eigenvalue weighted by molar-refractivity contribution is 0.183. The maximum atomic E-state index is 5.60. The van der Waals surface area contributed by atoms with Gasteiger partial charge in [-0.15, -0.1) is 0 Å². The number of hydrogen-bond donors (Lipinski definition) is 1. The lowest BCUT2D eigenvalue weighted by Gasteiger charge is -2.30. The van der Waals surface area contributed by atoms with Crippen LogP contribution in [0.3, 0.4) is 0 Å². The van der Waals surface area contributed by atoms with Crippen LogP contribution in [0.15, 0.2) is 47.6 Å². The van der Waals surface area contributed by atoms with Crippen LogP contribution in [0.25, 0.3) is 22.7 Å². The molecule has 32 heavy (non-hydrogen) atoms. The number of methoxy groups -OCH3 is 1. The van der Waals surface area contributed by atoms with Gasteiger partial charge in [0, 0.05) is 37.5 Å². The molecule has 4 aromatic heterocycles. The van der Waals surface area contributed by atoms with E-state index in [9.17, 15) is 0 Å². The Bertz CT molecular complexity index is 1170. The van der Waals surface area contributed by atoms with Gasteiger partial charge in [-0.05, 0) is 24.5 Å². The molecule has 0 fully saturated rings. The molecule has 0 saturated carbocycles. The van der Waals surface area contributed by atoms with Crippen molar-refractivity contribution in [3.63, 3.8) is 0 Å². The van der Waals surface area contributed by atoms with Crippen molar-refractivity contribution in [2.75, 3.05) is 19.5 Å². The van der Waals surface area contributed by atoms with Crippen LogP contribution in [0.4, 0.5) is 5.95 Å². The zero-order valence-corrected chi connectivity index (χ0v) is 18.6. The molecule has 0 unspecified atom stereocenters. The third-order valence-electron chi connectivity index (χ3n) is 5.78. The summed E-state index contributed by atoms with van der Waals surface area (Å²) in [4.78, 5) is 17.4. The van der Waals surface area contributed by atoms with Crippen LogP contribution in [0.5, 0.6) is 0 Å². The molecule has 0 spiro atoms. The Hall–Kier alpha value is -3.66. The first kappa shape index (κ1) is 21.6. The van der Waals surface area contributed by atoms with Gasteiger partial charge >= 0.3 is 0 Å². The first-order chi connectivity index (χ1) is 15.4. The highest BCUT2D eigenvalue weighted by molar-refractivity contribution is 5.58. The van der Waals surface area contributed by atoms with Crippen molar-refractivity contribution in [1.29, 1.82) is 0 Å². The average Bonchev–Trinajstić information content (AvgIpc) is 3.47. The van der Waals surface area contributed by atoms with Crippen molar-refractivity contribution in [1.82, 2.24) is 34.9 Å². The van der Waals surface area contributed by atoms with Gasteiger partial charge in [-0.1, -0.05) is 25.1 Å². The van der Waals surface area contributed by atoms with Crippen LogP contribution in [-0.4, -0.2) is 48.6 Å². The van der Waals surface area contributed by atoms with Gasteiger partial charge < -0.3 is 15.0 Å². The first-order valence-corrected chi connectivity index (χ1v) is 10.3. The molecule has 10 heteroatoms. The molecule has 0 bridgehead atoms. The number of nitrogens with zero attached hydrogens (tertiary/aromatic N) is 7. The summed E-state index contributed by atoms with van der Waals surface area (Å²) < 4.78 is 12.5. The SMILES string of the molecule is COCCn1cc(-c2nc([C@@](C)(c3ccc(-c4cnc(N)nc4)nc3)C(C)C)no2)cn1. The van der Waals surface area contributed by atoms with Gasteiger partial charge in [0.05, 0.1) is 36.0 Å². The smallest absolute Gasteiger partial charge is 0.261 e. The molecular formula is C22H26N8O2. The molecule has 10 nitrogen and oxygen atoms in total. The molecule has 4 heterocycles. The van der Waals surface area contributed by atoms with Crippen molar-refractivity contribution in [3.05, 3.63) is 54.5 Å². The molecule has 0 aliphatic heterocycles. The van der Waals surface area contributed by atoms with Crippen LogP contribution < -0.4 is 5.73 Å². The van der Waals surface area contributed by atoms with Crippen LogP contribution >= 0.6 is 0 Å². The highest BCUT2D eigenvalue weighted by Crippen LogP contribution is 2.38. The predicted molar refractivity (Wildman–Crippen MR) is 118 cm³/mol. The van der Waals surface area contributed by atoms with Crippen LogP contribution in [0.2, 0.25) is 0 Å². The summed E-state index contributed by atoms with van der Waals surface area (Å²) in [6.07, 6.45) is 8.73. The van der Waals surface area contributed by atoms with E-state index in [0.717, 1.165) is 22.4 Å². The molecule has 0 aliphatic rings. The second-order valence-corrected chi connectivity index (χ2v) is 8.03. The topological polar surface area (TPSA) is 131 Å². The number of hydrogen-bond acceptors (Lipinski definition) is 9. The van der Waals surface area contributed by atoms with Crippen molar-refractivity contribution in [2.24, 2.45) is 5.92 Å². The van der Waals surface area contributed by atoms with E-state index in [2.05, 4.69) is 46.0 Å². The number of aromatic nitrogens is 7. The Morgan fingerprint density at radius 2 is 1.88 bits per heavy atom. The quantitative estimate of drug-likeness (QED) is 0.444. The van der Waals surface area contributed by atoms with Gasteiger partial charge in [0.25, 0.3) is 5.89 Å². The molecule has 0 radical (unpaired) electrons. The van der Waals surface area contributed by atoms with Gasteiger partial charge in [-0.3, -0.25) is 9.67 Å². The molecule has 166 valence electrons. The molecule has 4 aromatic rings. The number of rotatable bonds is 8. The summed E-state index contributed by atoms with van der Waals surface area (Å²) in [7, 11) is 1.66. The Kier molecular flexibility index (Phi) is 5.95. The zero-order valence-electron chi connectivity index (χ0n) is 18.6. The molecule has 0 amide bonds. The minimum Gasteiger partial charge on any atom is -0.383 e. The predicted octanol–water partition coefficient (Wildman–Crippen LogP) is 2.98. The molecule has 2 N–H and O–H groups in total. The fourth-order valence-corrected chi connectivity index (χ4v) is 3.40. The first-order valence-electron chi connectivity index (χ1n) is 10.3. The van der Waals surface area contributed by atoms with Crippen molar-refractivity contribution in [2.45, 2.75) is 32.7 Å². The maximum Gasteiger partial charge on any atom is 0.261 e. The largest absolute Gasteiger partial charge is 0.383 e. The number of ether oxygens (including phenoxy) is 1. The van der Waals surface area contributed by atoms with E-state index in [1.54, 1.807) is 30.4 Å². The van der Waals surface area contributed by atoms with E-state index in [4.69, 9.17) is 20.0 Å². The lowest BCUT2D eigenvalue weighted by atomic mass is 9.73. The fourth-order valence-electron chi connectivity index (χ4n) is 3.40. The van der Waals surface area contributed by atoms with E-state index in [1.807, 2.05) is 24.5 Å². The number of nitrogen functional groups attached to an aromatic ring is 1. The molecule has 0 saturated heterocycles. The molecule has 0 aromatic carbocycles. The van der Waals surface area contributed by atoms with E-state index in [0.29, 0.717) is 24.9 Å². The van der Waals surface area contributed by atoms with Gasteiger partial charge in [-0.2, -0.15) is 10.1 Å². The number of pyridine rings is 1. The van der Waals surface area contributed by atoms with Crippen molar-refractivity contribution < 1.29 is 9.26 Å². The zero-order chi connectivity index (χ0) is 22.7. The molecule has 0 aliphatic carbocycles. The third-order valence-corrected chi connectivity index (χ3v) is 5.78. The second-order valence-electron chi connectivity index (χ2n) is 8.03. The second kappa shape index (κ2) is 8.83. The summed E-state index contributed by atoms with van der Waals surface area (Å²) in [6, 6.07) is 3.96. The molecule has 4 rings (SSSR count). The van der Waals surface area contributed by atoms with E-state index in [-0.39, 0.29) is 11.9 Å². The average molecular weight is 435 g/mol. The van der Waals surface area contributed by atoms with Crippen molar-refractivity contribution >= 4 is 5.95 Å². The number of anilines is 1. The minimum absolute atomic E-state index is 0.185. The maximum absolute atomic E-state index is 5.60. The van der Waals surface area contributed by atoms with Gasteiger partial charge in [0.1, 0.15) is 0 Å². The van der Waals surface area contributed by atoms with Crippen LogP contribution in [0.1, 0.15) is 32.2 Å². The summed E-state index contributed by atoms with van der Waals surface area (Å²) in [6.45, 7) is 7.57. The van der Waals surface area contributed by atoms with Crippen LogP contribution in [0, 0.1) is 5.92 Å². The highest BCUT2D eigenvalue weighted by Gasteiger charge is 2.38. The summed E-state index contributed by atoms with van der Waals surface area (Å²) in [5, 5.41) is 8.63. The fraction of sp³-hybridized carbons (Fsp3) is 0.364. The minimum atomic E-state index is -0.503. The number of nitrogens with two attached hydrogens (primary N) is 1. The lowest BCUT2D eigenvalue weighted by Crippen LogP contribution is -2.31. The Labute approximate surface area is 185 Å². The summed E-state index contributed by atoms with van der Waals surface area (Å²) in [5.41, 5.74) is 8.38. The Morgan fingerprint density at radius 1 is 1.09 bits per heavy atom. The van der Waals surface area contributed by atoms with Crippen molar-refractivity contribution in [3.8, 4) is 22.7 Å². The summed E-state index contributed by atoms with van der Waals surface area (Å²) in [5.74, 6) is 1.44. The van der Waals surface area contributed by atoms with E-state index < -0.39 is 5.41 Å². The monoisotopic (exact) mass is 434 g/mol. The summed E-state index contributed by atoms with van der Waals surface area (Å²) >= 11 is 0. The molecular weight excluding hydrogens is 408 g/mol. The van der Waals surface area contributed by atoms with Gasteiger partial charge in [0.15, 0.2) is 5.82 Å². The third kappa shape index (κ3) is 4.09. The van der Waals surface area contributed by atoms with Gasteiger partial charge in [0.2, 0.25) is 5.95 Å². The van der Waals surface area contributed by atoms with E-state index >= 15 is 0 Å². The Morgan fingerprint density at radius 3 is 2.53 bits per heavy atom. The van der Waals surface area contributed by atoms with Crippen LogP contribution in [-0.2, 0) is 16.7 Å². The van der Waals surface area contributed by atoms with E-state index in [1.165, 1.54) is 0 Å².